The Labute approximate surface area is 196 Å². The first-order chi connectivity index (χ1) is 15.4. The van der Waals surface area contributed by atoms with Crippen LogP contribution in [0.4, 0.5) is 4.79 Å². The van der Waals surface area contributed by atoms with Crippen molar-refractivity contribution in [3.8, 4) is 0 Å². The molecule has 2 unspecified atom stereocenters. The number of alkyl carbamates (subject to hydrolysis) is 1. The van der Waals surface area contributed by atoms with Crippen molar-refractivity contribution in [2.45, 2.75) is 72.6 Å². The summed E-state index contributed by atoms with van der Waals surface area (Å²) in [5, 5.41) is 5.25. The predicted molar refractivity (Wildman–Crippen MR) is 124 cm³/mol. The van der Waals surface area contributed by atoms with Crippen LogP contribution in [-0.4, -0.2) is 60.1 Å². The molecule has 184 valence electrons. The van der Waals surface area contributed by atoms with Gasteiger partial charge in [-0.15, -0.1) is 0 Å². The molecule has 0 saturated carbocycles. The van der Waals surface area contributed by atoms with Crippen LogP contribution in [0, 0.1) is 6.92 Å². The first-order valence-electron chi connectivity index (χ1n) is 11.2. The molecule has 0 radical (unpaired) electrons. The van der Waals surface area contributed by atoms with E-state index in [0.717, 1.165) is 5.56 Å². The van der Waals surface area contributed by atoms with Crippen molar-refractivity contribution in [3.63, 3.8) is 0 Å². The monoisotopic (exact) mass is 463 g/mol. The second-order valence-electron chi connectivity index (χ2n) is 8.65. The molecule has 0 aliphatic heterocycles. The fourth-order valence-electron chi connectivity index (χ4n) is 3.10. The van der Waals surface area contributed by atoms with Crippen molar-refractivity contribution in [2.24, 2.45) is 0 Å². The van der Waals surface area contributed by atoms with Crippen molar-refractivity contribution in [2.75, 3.05) is 19.7 Å². The van der Waals surface area contributed by atoms with E-state index in [4.69, 9.17) is 9.47 Å². The Kier molecular flexibility index (Phi) is 10.8. The lowest BCUT2D eigenvalue weighted by Crippen LogP contribution is -2.52. The Balaban J connectivity index is 3.06. The number of hydrogen-bond donors (Lipinski definition) is 2. The molecule has 0 fully saturated rings. The number of ether oxygens (including phenoxy) is 2. The maximum Gasteiger partial charge on any atom is 0.408 e. The third-order valence-electron chi connectivity index (χ3n) is 4.61. The van der Waals surface area contributed by atoms with Gasteiger partial charge in [-0.1, -0.05) is 29.8 Å². The van der Waals surface area contributed by atoms with Crippen LogP contribution in [-0.2, 0) is 23.9 Å². The lowest BCUT2D eigenvalue weighted by Gasteiger charge is -2.32. The maximum absolute atomic E-state index is 13.2. The number of esters is 1. The van der Waals surface area contributed by atoms with Gasteiger partial charge in [0.05, 0.1) is 13.0 Å². The summed E-state index contributed by atoms with van der Waals surface area (Å²) >= 11 is 0. The minimum Gasteiger partial charge on any atom is -0.466 e. The lowest BCUT2D eigenvalue weighted by molar-refractivity contribution is -0.144. The molecule has 2 N–H and O–H groups in total. The average molecular weight is 464 g/mol. The van der Waals surface area contributed by atoms with Crippen LogP contribution >= 0.6 is 0 Å². The van der Waals surface area contributed by atoms with Crippen LogP contribution < -0.4 is 10.6 Å². The Morgan fingerprint density at radius 1 is 1.06 bits per heavy atom. The number of aryl methyl sites for hydroxylation is 1. The van der Waals surface area contributed by atoms with Gasteiger partial charge in [-0.3, -0.25) is 14.4 Å². The van der Waals surface area contributed by atoms with Crippen molar-refractivity contribution >= 4 is 23.9 Å². The number of nitrogens with one attached hydrogen (secondary N) is 2. The van der Waals surface area contributed by atoms with E-state index in [1.54, 1.807) is 53.7 Å². The molecule has 1 aromatic rings. The first-order valence-corrected chi connectivity index (χ1v) is 11.2. The highest BCUT2D eigenvalue weighted by atomic mass is 16.6. The van der Waals surface area contributed by atoms with Gasteiger partial charge in [0.15, 0.2) is 0 Å². The van der Waals surface area contributed by atoms with E-state index in [-0.39, 0.29) is 26.1 Å². The predicted octanol–water partition coefficient (Wildman–Crippen LogP) is 2.87. The molecule has 33 heavy (non-hydrogen) atoms. The average Bonchev–Trinajstić information content (AvgIpc) is 2.71. The summed E-state index contributed by atoms with van der Waals surface area (Å²) in [4.78, 5) is 51.5. The topological polar surface area (TPSA) is 114 Å². The van der Waals surface area contributed by atoms with Gasteiger partial charge in [-0.2, -0.15) is 0 Å². The normalized spacial score (nSPS) is 12.8. The van der Waals surface area contributed by atoms with Crippen molar-refractivity contribution in [3.05, 3.63) is 35.4 Å². The summed E-state index contributed by atoms with van der Waals surface area (Å²) in [6.45, 7) is 12.7. The van der Waals surface area contributed by atoms with E-state index in [0.29, 0.717) is 5.56 Å². The molecule has 9 heteroatoms. The number of carbonyl (C=O) groups excluding carboxylic acids is 4. The molecule has 0 aromatic heterocycles. The van der Waals surface area contributed by atoms with Crippen molar-refractivity contribution in [1.82, 2.24) is 15.5 Å². The smallest absolute Gasteiger partial charge is 0.408 e. The second kappa shape index (κ2) is 12.8. The molecule has 0 aliphatic rings. The third kappa shape index (κ3) is 9.51. The summed E-state index contributed by atoms with van der Waals surface area (Å²) in [6, 6.07) is 5.43. The summed E-state index contributed by atoms with van der Waals surface area (Å²) in [5.74, 6) is -1.28. The van der Waals surface area contributed by atoms with Gasteiger partial charge in [0.25, 0.3) is 0 Å². The number of amides is 3. The van der Waals surface area contributed by atoms with E-state index < -0.39 is 41.6 Å². The molecule has 1 aromatic carbocycles. The molecule has 0 aliphatic carbocycles. The molecular formula is C24H37N3O6. The Hall–Kier alpha value is -3.10. The number of benzene rings is 1. The van der Waals surface area contributed by atoms with Gasteiger partial charge in [0, 0.05) is 13.1 Å². The van der Waals surface area contributed by atoms with Gasteiger partial charge in [0.1, 0.15) is 17.7 Å². The molecule has 2 atom stereocenters. The second-order valence-corrected chi connectivity index (χ2v) is 8.65. The van der Waals surface area contributed by atoms with Gasteiger partial charge < -0.3 is 25.0 Å². The van der Waals surface area contributed by atoms with E-state index in [1.807, 2.05) is 19.1 Å². The number of rotatable bonds is 10. The zero-order chi connectivity index (χ0) is 25.2. The molecule has 0 spiro atoms. The van der Waals surface area contributed by atoms with Gasteiger partial charge in [0.2, 0.25) is 11.8 Å². The first kappa shape index (κ1) is 27.9. The lowest BCUT2D eigenvalue weighted by atomic mass is 10.0. The number of hydrogen-bond acceptors (Lipinski definition) is 6. The van der Waals surface area contributed by atoms with Crippen LogP contribution in [0.3, 0.4) is 0 Å². The standard InChI is InChI=1S/C24H37N3O6/c1-8-27(22(30)17(4)26-23(31)33-24(5,6)7)20(18-12-10-16(3)11-13-18)21(29)25-15-14-19(28)32-9-2/h10-13,17,20H,8-9,14-15H2,1-7H3,(H,25,29)(H,26,31). The Bertz CT molecular complexity index is 816. The fraction of sp³-hybridized carbons (Fsp3) is 0.583. The Morgan fingerprint density at radius 2 is 1.67 bits per heavy atom. The summed E-state index contributed by atoms with van der Waals surface area (Å²) < 4.78 is 10.1. The SMILES string of the molecule is CCOC(=O)CCNC(=O)C(c1ccc(C)cc1)N(CC)C(=O)C(C)NC(=O)OC(C)(C)C. The minimum absolute atomic E-state index is 0.0247. The van der Waals surface area contributed by atoms with Crippen molar-refractivity contribution < 1.29 is 28.7 Å². The quantitative estimate of drug-likeness (QED) is 0.516. The summed E-state index contributed by atoms with van der Waals surface area (Å²) in [7, 11) is 0. The molecule has 3 amide bonds. The molecule has 0 saturated heterocycles. The van der Waals surface area contributed by atoms with Crippen LogP contribution in [0.1, 0.15) is 65.1 Å². The number of likely N-dealkylation sites (N-methyl/N-ethyl adjacent to an activating group) is 1. The van der Waals surface area contributed by atoms with E-state index in [1.165, 1.54) is 4.90 Å². The van der Waals surface area contributed by atoms with Gasteiger partial charge >= 0.3 is 12.1 Å². The molecule has 0 heterocycles. The summed E-state index contributed by atoms with van der Waals surface area (Å²) in [5.41, 5.74) is 0.920. The van der Waals surface area contributed by atoms with E-state index in [9.17, 15) is 19.2 Å². The van der Waals surface area contributed by atoms with Crippen LogP contribution in [0.5, 0.6) is 0 Å². The molecule has 9 nitrogen and oxygen atoms in total. The Morgan fingerprint density at radius 3 is 2.18 bits per heavy atom. The van der Waals surface area contributed by atoms with Crippen LogP contribution in [0.2, 0.25) is 0 Å². The highest BCUT2D eigenvalue weighted by molar-refractivity contribution is 5.92. The molecule has 0 bridgehead atoms. The highest BCUT2D eigenvalue weighted by Crippen LogP contribution is 2.23. The summed E-state index contributed by atoms with van der Waals surface area (Å²) in [6.07, 6.45) is -0.693. The zero-order valence-electron chi connectivity index (χ0n) is 20.7. The third-order valence-corrected chi connectivity index (χ3v) is 4.61. The largest absolute Gasteiger partial charge is 0.466 e. The highest BCUT2D eigenvalue weighted by Gasteiger charge is 2.33. The minimum atomic E-state index is -0.937. The zero-order valence-corrected chi connectivity index (χ0v) is 20.7. The van der Waals surface area contributed by atoms with Gasteiger partial charge in [-0.05, 0) is 54.0 Å². The van der Waals surface area contributed by atoms with Crippen LogP contribution in [0.25, 0.3) is 0 Å². The molecular weight excluding hydrogens is 426 g/mol. The number of nitrogens with zero attached hydrogens (tertiary/aromatic N) is 1. The van der Waals surface area contributed by atoms with E-state index >= 15 is 0 Å². The number of carbonyl (C=O) groups is 4. The van der Waals surface area contributed by atoms with Gasteiger partial charge in [-0.25, -0.2) is 4.79 Å². The van der Waals surface area contributed by atoms with Crippen molar-refractivity contribution in [1.29, 1.82) is 0 Å². The van der Waals surface area contributed by atoms with Crippen LogP contribution in [0.15, 0.2) is 24.3 Å². The van der Waals surface area contributed by atoms with E-state index in [2.05, 4.69) is 10.6 Å². The fourth-order valence-corrected chi connectivity index (χ4v) is 3.10. The maximum atomic E-state index is 13.2. The molecule has 1 rings (SSSR count).